The minimum Gasteiger partial charge on any atom is -0.389 e. The Labute approximate surface area is 342 Å². The summed E-state index contributed by atoms with van der Waals surface area (Å²) in [5.74, 6) is -0.177. The Balaban J connectivity index is 1.64. The molecule has 4 N–H and O–H groups in total. The molecule has 1 fully saturated rings. The third kappa shape index (κ3) is 15.6. The Morgan fingerprint density at radius 3 is 2.43 bits per heavy atom. The molecule has 56 heavy (non-hydrogen) atoms. The number of thiophene rings is 1. The molecule has 314 valence electrons. The molecule has 0 spiro atoms. The van der Waals surface area contributed by atoms with Gasteiger partial charge in [0.05, 0.1) is 28.1 Å². The molecule has 2 aromatic rings. The predicted octanol–water partition coefficient (Wildman–Crippen LogP) is 11.2. The zero-order valence-corrected chi connectivity index (χ0v) is 35.6. The Hall–Kier alpha value is -2.70. The number of aliphatic hydroxyl groups is 1. The number of benzene rings is 1. The van der Waals surface area contributed by atoms with Crippen molar-refractivity contribution in [3.8, 4) is 0 Å². The summed E-state index contributed by atoms with van der Waals surface area (Å²) in [6.45, 7) is 17.3. The lowest BCUT2D eigenvalue weighted by Gasteiger charge is -2.37. The summed E-state index contributed by atoms with van der Waals surface area (Å²) < 4.78 is 42.2. The SMILES string of the molecule is C=C(C)CCN(CCC)C1CCC(CC(=O)[C@H](CCCC(O)C(=C)CCC(CCC)NCc2sccc2NC=O)Cc2cc(Cl)c(NC)c(C(F)(F)F)c2)CC1. The van der Waals surface area contributed by atoms with E-state index < -0.39 is 23.8 Å². The van der Waals surface area contributed by atoms with E-state index in [4.69, 9.17) is 11.6 Å². The fraction of sp³-hybridized carbons (Fsp3) is 0.636. The average Bonchev–Trinajstić information content (AvgIpc) is 3.60. The molecule has 3 atom stereocenters. The van der Waals surface area contributed by atoms with Crippen LogP contribution in [0.25, 0.3) is 0 Å². The van der Waals surface area contributed by atoms with Gasteiger partial charge in [-0.1, -0.05) is 44.0 Å². The van der Waals surface area contributed by atoms with Crippen molar-refractivity contribution in [3.05, 3.63) is 68.9 Å². The van der Waals surface area contributed by atoms with Crippen molar-refractivity contribution in [2.45, 2.75) is 148 Å². The van der Waals surface area contributed by atoms with Crippen LogP contribution in [0.1, 0.15) is 127 Å². The molecular formula is C44H66ClF3N4O3S. The van der Waals surface area contributed by atoms with Crippen LogP contribution in [0.3, 0.4) is 0 Å². The van der Waals surface area contributed by atoms with Crippen LogP contribution in [0.15, 0.2) is 47.9 Å². The zero-order chi connectivity index (χ0) is 41.3. The maximum absolute atomic E-state index is 14.1. The molecule has 1 amide bonds. The minimum absolute atomic E-state index is 0.0267. The van der Waals surface area contributed by atoms with Gasteiger partial charge in [-0.25, -0.2) is 0 Å². The summed E-state index contributed by atoms with van der Waals surface area (Å²) in [5, 5.41) is 22.0. The number of aliphatic hydroxyl groups excluding tert-OH is 1. The molecule has 0 saturated heterocycles. The first-order valence-electron chi connectivity index (χ1n) is 20.5. The fourth-order valence-corrected chi connectivity index (χ4v) is 9.20. The van der Waals surface area contributed by atoms with Gasteiger partial charge in [-0.15, -0.1) is 17.9 Å². The number of rotatable bonds is 27. The highest BCUT2D eigenvalue weighted by atomic mass is 35.5. The van der Waals surface area contributed by atoms with Gasteiger partial charge in [-0.05, 0) is 138 Å². The number of nitrogens with one attached hydrogen (secondary N) is 3. The van der Waals surface area contributed by atoms with Gasteiger partial charge in [0.2, 0.25) is 6.41 Å². The molecule has 1 aromatic carbocycles. The number of halogens is 4. The van der Waals surface area contributed by atoms with Crippen molar-refractivity contribution in [1.29, 1.82) is 0 Å². The van der Waals surface area contributed by atoms with Crippen molar-refractivity contribution in [2.75, 3.05) is 30.8 Å². The van der Waals surface area contributed by atoms with E-state index in [9.17, 15) is 27.9 Å². The third-order valence-electron chi connectivity index (χ3n) is 11.3. The minimum atomic E-state index is -4.61. The van der Waals surface area contributed by atoms with Crippen LogP contribution in [0.2, 0.25) is 5.02 Å². The monoisotopic (exact) mass is 822 g/mol. The van der Waals surface area contributed by atoms with E-state index >= 15 is 0 Å². The van der Waals surface area contributed by atoms with Gasteiger partial charge in [-0.2, -0.15) is 13.2 Å². The number of Topliss-reactive ketones (excluding diaryl/α,β-unsaturated/α-hetero) is 1. The van der Waals surface area contributed by atoms with Gasteiger partial charge in [0.25, 0.3) is 0 Å². The number of nitrogens with zero attached hydrogens (tertiary/aromatic N) is 1. The van der Waals surface area contributed by atoms with Crippen molar-refractivity contribution in [3.63, 3.8) is 0 Å². The van der Waals surface area contributed by atoms with Crippen LogP contribution in [0.4, 0.5) is 24.5 Å². The van der Waals surface area contributed by atoms with Crippen LogP contribution < -0.4 is 16.0 Å². The van der Waals surface area contributed by atoms with E-state index in [1.807, 2.05) is 11.4 Å². The molecule has 1 heterocycles. The molecule has 1 aromatic heterocycles. The first-order chi connectivity index (χ1) is 26.7. The predicted molar refractivity (Wildman–Crippen MR) is 228 cm³/mol. The molecule has 1 aliphatic carbocycles. The van der Waals surface area contributed by atoms with Crippen molar-refractivity contribution >= 4 is 46.5 Å². The molecule has 2 unspecified atom stereocenters. The molecule has 0 radical (unpaired) electrons. The standard InChI is InChI=1S/C44H66ClF3N4O3S/c1-7-10-35(50-28-42-39(51-29-53)20-23-56-42)16-13-31(5)40(54)12-9-11-34(24-33-25-37(44(46,47)48)43(49-6)38(45)26-33)41(55)27-32-14-17-36(18-15-32)52(21-8-2)22-19-30(3)4/h20,23,25-26,29,32,34-36,40,49-50,54H,3,5,7-19,21-22,24,27-28H2,1-2,4,6H3,(H,51,53)/t32?,34-,35?,36?,40?/m1/s1. The molecule has 12 heteroatoms. The number of carbonyl (C=O) groups is 2. The molecule has 7 nitrogen and oxygen atoms in total. The lowest BCUT2D eigenvalue weighted by molar-refractivity contribution is -0.137. The summed E-state index contributed by atoms with van der Waals surface area (Å²) in [5.41, 5.74) is 2.09. The van der Waals surface area contributed by atoms with Crippen LogP contribution in [0.5, 0.6) is 0 Å². The zero-order valence-electron chi connectivity index (χ0n) is 34.0. The lowest BCUT2D eigenvalue weighted by Crippen LogP contribution is -2.39. The largest absolute Gasteiger partial charge is 0.418 e. The van der Waals surface area contributed by atoms with Gasteiger partial charge in [0.15, 0.2) is 0 Å². The molecule has 1 saturated carbocycles. The van der Waals surface area contributed by atoms with Gasteiger partial charge in [-0.3, -0.25) is 9.59 Å². The topological polar surface area (TPSA) is 93.7 Å². The highest BCUT2D eigenvalue weighted by molar-refractivity contribution is 7.10. The van der Waals surface area contributed by atoms with E-state index in [-0.39, 0.29) is 34.9 Å². The number of ketones is 1. The summed E-state index contributed by atoms with van der Waals surface area (Å²) in [6, 6.07) is 5.24. The maximum Gasteiger partial charge on any atom is 0.418 e. The van der Waals surface area contributed by atoms with Crippen LogP contribution in [-0.2, 0) is 28.7 Å². The Morgan fingerprint density at radius 2 is 1.80 bits per heavy atom. The third-order valence-corrected chi connectivity index (χ3v) is 12.5. The molecule has 1 aliphatic rings. The summed E-state index contributed by atoms with van der Waals surface area (Å²) in [6.07, 6.45) is 6.70. The fourth-order valence-electron chi connectivity index (χ4n) is 8.08. The summed E-state index contributed by atoms with van der Waals surface area (Å²) >= 11 is 7.94. The Bertz CT molecular complexity index is 1540. The van der Waals surface area contributed by atoms with Crippen LogP contribution in [0, 0.1) is 11.8 Å². The molecule has 0 aliphatic heterocycles. The second-order valence-corrected chi connectivity index (χ2v) is 17.2. The lowest BCUT2D eigenvalue weighted by atomic mass is 9.79. The summed E-state index contributed by atoms with van der Waals surface area (Å²) in [7, 11) is 1.41. The number of alkyl halides is 3. The van der Waals surface area contributed by atoms with Crippen LogP contribution >= 0.6 is 22.9 Å². The highest BCUT2D eigenvalue weighted by Crippen LogP contribution is 2.40. The van der Waals surface area contributed by atoms with Crippen molar-refractivity contribution in [1.82, 2.24) is 10.2 Å². The smallest absolute Gasteiger partial charge is 0.389 e. The molecular weight excluding hydrogens is 757 g/mol. The first kappa shape index (κ1) is 47.7. The maximum atomic E-state index is 14.1. The van der Waals surface area contributed by atoms with Crippen molar-refractivity contribution < 1.29 is 27.9 Å². The van der Waals surface area contributed by atoms with Gasteiger partial charge >= 0.3 is 6.18 Å². The van der Waals surface area contributed by atoms with Gasteiger partial charge in [0.1, 0.15) is 5.78 Å². The van der Waals surface area contributed by atoms with E-state index in [1.165, 1.54) is 18.7 Å². The second kappa shape index (κ2) is 24.3. The first-order valence-corrected chi connectivity index (χ1v) is 21.8. The van der Waals surface area contributed by atoms with Crippen LogP contribution in [-0.4, -0.2) is 60.5 Å². The number of carbonyl (C=O) groups excluding carboxylic acids is 2. The number of anilines is 2. The molecule has 3 rings (SSSR count). The second-order valence-electron chi connectivity index (χ2n) is 15.8. The number of hydrogen-bond donors (Lipinski definition) is 4. The van der Waals surface area contributed by atoms with Crippen molar-refractivity contribution in [2.24, 2.45) is 11.8 Å². The highest BCUT2D eigenvalue weighted by Gasteiger charge is 2.36. The summed E-state index contributed by atoms with van der Waals surface area (Å²) in [4.78, 5) is 28.6. The molecule has 0 bridgehead atoms. The van der Waals surface area contributed by atoms with E-state index in [0.717, 1.165) is 93.1 Å². The van der Waals surface area contributed by atoms with E-state index in [2.05, 4.69) is 54.8 Å². The Morgan fingerprint density at radius 1 is 1.07 bits per heavy atom. The quantitative estimate of drug-likeness (QED) is 0.0530. The average molecular weight is 824 g/mol. The normalized spacial score (nSPS) is 17.7. The van der Waals surface area contributed by atoms with Gasteiger partial charge < -0.3 is 26.0 Å². The number of amides is 1. The van der Waals surface area contributed by atoms with Gasteiger partial charge in [0, 0.05) is 49.4 Å². The Kier molecular flexibility index (Phi) is 20.7. The van der Waals surface area contributed by atoms with E-state index in [1.54, 1.807) is 11.3 Å². The van der Waals surface area contributed by atoms with E-state index in [0.29, 0.717) is 56.7 Å². The number of hydrogen-bond acceptors (Lipinski definition) is 7.